The Morgan fingerprint density at radius 3 is 2.24 bits per heavy atom. The average molecular weight is 414 g/mol. The summed E-state index contributed by atoms with van der Waals surface area (Å²) in [5.74, 6) is 0.680. The molecule has 0 radical (unpaired) electrons. The molecule has 1 saturated heterocycles. The van der Waals surface area contributed by atoms with E-state index < -0.39 is 5.41 Å². The smallest absolute Gasteiger partial charge is 0.265 e. The van der Waals surface area contributed by atoms with Crippen molar-refractivity contribution < 1.29 is 9.59 Å². The predicted octanol–water partition coefficient (Wildman–Crippen LogP) is 3.91. The molecular formula is C23H31N3O2S. The number of rotatable bonds is 5. The van der Waals surface area contributed by atoms with Gasteiger partial charge >= 0.3 is 0 Å². The van der Waals surface area contributed by atoms with E-state index in [1.165, 1.54) is 11.3 Å². The standard InChI is InChI=1S/C23H31N3O2S/c1-16(2)15-19-24-17(3)20(29-19)21(27)25-11-13-26(14-12-25)22(28)23(4,5)18-9-7-6-8-10-18/h6-10,16H,11-15H2,1-5H3. The number of carbonyl (C=O) groups is 2. The molecule has 1 aromatic carbocycles. The first-order valence-electron chi connectivity index (χ1n) is 10.3. The molecule has 1 fully saturated rings. The zero-order valence-electron chi connectivity index (χ0n) is 18.1. The summed E-state index contributed by atoms with van der Waals surface area (Å²) in [4.78, 5) is 35.2. The second-order valence-corrected chi connectivity index (χ2v) is 9.78. The third-order valence-corrected chi connectivity index (χ3v) is 6.67. The van der Waals surface area contributed by atoms with E-state index in [1.54, 1.807) is 0 Å². The molecule has 1 aromatic heterocycles. The number of aryl methyl sites for hydroxylation is 1. The maximum absolute atomic E-state index is 13.1. The van der Waals surface area contributed by atoms with E-state index in [4.69, 9.17) is 0 Å². The molecule has 0 bridgehead atoms. The van der Waals surface area contributed by atoms with Crippen molar-refractivity contribution in [2.75, 3.05) is 26.2 Å². The van der Waals surface area contributed by atoms with Gasteiger partial charge in [0.25, 0.3) is 5.91 Å². The van der Waals surface area contributed by atoms with Gasteiger partial charge in [-0.3, -0.25) is 9.59 Å². The number of hydrogen-bond acceptors (Lipinski definition) is 4. The fourth-order valence-corrected chi connectivity index (χ4v) is 4.96. The highest BCUT2D eigenvalue weighted by molar-refractivity contribution is 7.13. The summed E-state index contributed by atoms with van der Waals surface area (Å²) in [7, 11) is 0. The number of hydrogen-bond donors (Lipinski definition) is 0. The highest BCUT2D eigenvalue weighted by atomic mass is 32.1. The minimum absolute atomic E-state index is 0.0458. The van der Waals surface area contributed by atoms with E-state index in [-0.39, 0.29) is 11.8 Å². The first-order chi connectivity index (χ1) is 13.7. The number of thiazole rings is 1. The number of aromatic nitrogens is 1. The molecule has 0 atom stereocenters. The molecular weight excluding hydrogens is 382 g/mol. The average Bonchev–Trinajstić information content (AvgIpc) is 3.06. The topological polar surface area (TPSA) is 53.5 Å². The molecule has 0 spiro atoms. The van der Waals surface area contributed by atoms with E-state index in [9.17, 15) is 9.59 Å². The molecule has 5 nitrogen and oxygen atoms in total. The zero-order chi connectivity index (χ0) is 21.2. The molecule has 1 aliphatic heterocycles. The summed E-state index contributed by atoms with van der Waals surface area (Å²) in [6, 6.07) is 9.89. The predicted molar refractivity (Wildman–Crippen MR) is 117 cm³/mol. The molecule has 0 aliphatic carbocycles. The van der Waals surface area contributed by atoms with Gasteiger partial charge in [-0.2, -0.15) is 0 Å². The van der Waals surface area contributed by atoms with Crippen LogP contribution in [-0.4, -0.2) is 52.8 Å². The molecule has 2 amide bonds. The molecule has 1 aliphatic rings. The Bertz CT molecular complexity index is 866. The molecule has 0 unspecified atom stereocenters. The Labute approximate surface area is 177 Å². The van der Waals surface area contributed by atoms with Gasteiger partial charge in [-0.1, -0.05) is 44.2 Å². The van der Waals surface area contributed by atoms with E-state index in [1.807, 2.05) is 60.9 Å². The van der Waals surface area contributed by atoms with Crippen molar-refractivity contribution in [3.05, 3.63) is 51.5 Å². The largest absolute Gasteiger partial charge is 0.338 e. The van der Waals surface area contributed by atoms with Gasteiger partial charge in [-0.15, -0.1) is 11.3 Å². The molecule has 2 heterocycles. The van der Waals surface area contributed by atoms with Gasteiger partial charge in [0.2, 0.25) is 5.91 Å². The van der Waals surface area contributed by atoms with Crippen LogP contribution in [0.3, 0.4) is 0 Å². The summed E-state index contributed by atoms with van der Waals surface area (Å²) in [6.07, 6.45) is 0.898. The first kappa shape index (κ1) is 21.5. The van der Waals surface area contributed by atoms with Crippen LogP contribution in [0.2, 0.25) is 0 Å². The Balaban J connectivity index is 1.64. The van der Waals surface area contributed by atoms with Crippen LogP contribution in [-0.2, 0) is 16.6 Å². The van der Waals surface area contributed by atoms with Gasteiger partial charge in [0.05, 0.1) is 16.1 Å². The quantitative estimate of drug-likeness (QED) is 0.747. The van der Waals surface area contributed by atoms with Crippen LogP contribution in [0, 0.1) is 12.8 Å². The summed E-state index contributed by atoms with van der Waals surface area (Å²) >= 11 is 1.52. The second-order valence-electron chi connectivity index (χ2n) is 8.70. The van der Waals surface area contributed by atoms with E-state index in [0.29, 0.717) is 32.1 Å². The van der Waals surface area contributed by atoms with Crippen molar-refractivity contribution in [2.24, 2.45) is 5.92 Å². The lowest BCUT2D eigenvalue weighted by atomic mass is 9.83. The van der Waals surface area contributed by atoms with Crippen LogP contribution < -0.4 is 0 Å². The maximum Gasteiger partial charge on any atom is 0.265 e. The number of amides is 2. The lowest BCUT2D eigenvalue weighted by Gasteiger charge is -2.38. The van der Waals surface area contributed by atoms with Crippen molar-refractivity contribution in [1.82, 2.24) is 14.8 Å². The van der Waals surface area contributed by atoms with Crippen molar-refractivity contribution in [1.29, 1.82) is 0 Å². The maximum atomic E-state index is 13.1. The monoisotopic (exact) mass is 413 g/mol. The fourth-order valence-electron chi connectivity index (χ4n) is 3.72. The molecule has 0 N–H and O–H groups in total. The number of carbonyl (C=O) groups excluding carboxylic acids is 2. The van der Waals surface area contributed by atoms with Crippen molar-refractivity contribution in [3.63, 3.8) is 0 Å². The SMILES string of the molecule is Cc1nc(CC(C)C)sc1C(=O)N1CCN(C(=O)C(C)(C)c2ccccc2)CC1. The normalized spacial score (nSPS) is 15.1. The van der Waals surface area contributed by atoms with Crippen molar-refractivity contribution in [2.45, 2.75) is 46.5 Å². The van der Waals surface area contributed by atoms with Crippen LogP contribution in [0.25, 0.3) is 0 Å². The summed E-state index contributed by atoms with van der Waals surface area (Å²) in [5.41, 5.74) is 1.26. The summed E-state index contributed by atoms with van der Waals surface area (Å²) in [5, 5.41) is 1.03. The Kier molecular flexibility index (Phi) is 6.42. The molecule has 6 heteroatoms. The highest BCUT2D eigenvalue weighted by Crippen LogP contribution is 2.27. The van der Waals surface area contributed by atoms with Gasteiger partial charge in [-0.25, -0.2) is 4.98 Å². The van der Waals surface area contributed by atoms with Gasteiger partial charge < -0.3 is 9.80 Å². The molecule has 3 rings (SSSR count). The Morgan fingerprint density at radius 2 is 1.66 bits per heavy atom. The van der Waals surface area contributed by atoms with Crippen LogP contribution >= 0.6 is 11.3 Å². The van der Waals surface area contributed by atoms with Gasteiger partial charge in [0.1, 0.15) is 4.88 Å². The van der Waals surface area contributed by atoms with Crippen LogP contribution in [0.15, 0.2) is 30.3 Å². The van der Waals surface area contributed by atoms with E-state index in [2.05, 4.69) is 18.8 Å². The number of nitrogens with zero attached hydrogens (tertiary/aromatic N) is 3. The van der Waals surface area contributed by atoms with E-state index in [0.717, 1.165) is 27.6 Å². The number of piperazine rings is 1. The van der Waals surface area contributed by atoms with Gasteiger partial charge in [-0.05, 0) is 32.3 Å². The van der Waals surface area contributed by atoms with Gasteiger partial charge in [0.15, 0.2) is 0 Å². The van der Waals surface area contributed by atoms with Crippen LogP contribution in [0.4, 0.5) is 0 Å². The summed E-state index contributed by atoms with van der Waals surface area (Å²) < 4.78 is 0. The van der Waals surface area contributed by atoms with Crippen molar-refractivity contribution in [3.8, 4) is 0 Å². The lowest BCUT2D eigenvalue weighted by Crippen LogP contribution is -2.54. The molecule has 156 valence electrons. The van der Waals surface area contributed by atoms with Gasteiger partial charge in [0, 0.05) is 32.6 Å². The molecule has 0 saturated carbocycles. The first-order valence-corrected chi connectivity index (χ1v) is 11.1. The molecule has 29 heavy (non-hydrogen) atoms. The lowest BCUT2D eigenvalue weighted by molar-refractivity contribution is -0.137. The third-order valence-electron chi connectivity index (χ3n) is 5.50. The second kappa shape index (κ2) is 8.66. The number of benzene rings is 1. The molecule has 2 aromatic rings. The minimum atomic E-state index is -0.576. The van der Waals surface area contributed by atoms with Crippen molar-refractivity contribution >= 4 is 23.2 Å². The third kappa shape index (κ3) is 4.69. The van der Waals surface area contributed by atoms with E-state index >= 15 is 0 Å². The Hall–Kier alpha value is -2.21. The van der Waals surface area contributed by atoms with Crippen LogP contribution in [0.1, 0.15) is 53.6 Å². The minimum Gasteiger partial charge on any atom is -0.338 e. The fraction of sp³-hybridized carbons (Fsp3) is 0.522. The summed E-state index contributed by atoms with van der Waals surface area (Å²) in [6.45, 7) is 12.4. The van der Waals surface area contributed by atoms with Crippen LogP contribution in [0.5, 0.6) is 0 Å². The zero-order valence-corrected chi connectivity index (χ0v) is 18.9. The highest BCUT2D eigenvalue weighted by Gasteiger charge is 2.36. The Morgan fingerprint density at radius 1 is 1.07 bits per heavy atom.